The maximum absolute atomic E-state index is 14.0. The summed E-state index contributed by atoms with van der Waals surface area (Å²) in [5, 5.41) is 8.48. The highest BCUT2D eigenvalue weighted by Gasteiger charge is 2.29. The van der Waals surface area contributed by atoms with Crippen LogP contribution in [0.1, 0.15) is 34.1 Å². The molecule has 1 aromatic heterocycles. The Morgan fingerprint density at radius 1 is 1.13 bits per heavy atom. The SMILES string of the molecule is CC(C)NC(=O)Cn1c(-c2cccc(Cl)c2)nc2ccc(N3CCCN(N(C)C)CC3C(C)C)cc2c1=O. The van der Waals surface area contributed by atoms with Crippen LogP contribution in [-0.2, 0) is 11.3 Å². The highest BCUT2D eigenvalue weighted by Crippen LogP contribution is 2.28. The second kappa shape index (κ2) is 11.8. The van der Waals surface area contributed by atoms with Gasteiger partial charge >= 0.3 is 0 Å². The van der Waals surface area contributed by atoms with Crippen LogP contribution in [0.2, 0.25) is 5.02 Å². The van der Waals surface area contributed by atoms with Gasteiger partial charge in [-0.3, -0.25) is 14.2 Å². The van der Waals surface area contributed by atoms with E-state index >= 15 is 0 Å². The van der Waals surface area contributed by atoms with Crippen LogP contribution in [0.5, 0.6) is 0 Å². The summed E-state index contributed by atoms with van der Waals surface area (Å²) in [5.74, 6) is 0.609. The number of benzene rings is 2. The smallest absolute Gasteiger partial charge is 0.262 e. The van der Waals surface area contributed by atoms with Crippen LogP contribution in [0.3, 0.4) is 0 Å². The highest BCUT2D eigenvalue weighted by atomic mass is 35.5. The number of amides is 1. The van der Waals surface area contributed by atoms with E-state index in [9.17, 15) is 9.59 Å². The molecule has 1 unspecified atom stereocenters. The van der Waals surface area contributed by atoms with E-state index in [2.05, 4.69) is 54.2 Å². The van der Waals surface area contributed by atoms with E-state index in [1.807, 2.05) is 38.1 Å². The van der Waals surface area contributed by atoms with Crippen LogP contribution >= 0.6 is 11.6 Å². The van der Waals surface area contributed by atoms with Crippen LogP contribution in [-0.4, -0.2) is 71.3 Å². The van der Waals surface area contributed by atoms with Gasteiger partial charge in [0.2, 0.25) is 5.91 Å². The van der Waals surface area contributed by atoms with E-state index in [-0.39, 0.29) is 30.1 Å². The molecule has 1 atom stereocenters. The average Bonchev–Trinajstić information content (AvgIpc) is 3.09. The third-order valence-corrected chi connectivity index (χ3v) is 7.29. The quantitative estimate of drug-likeness (QED) is 0.485. The Bertz CT molecular complexity index is 1350. The van der Waals surface area contributed by atoms with Crippen molar-refractivity contribution in [3.05, 3.63) is 57.8 Å². The summed E-state index contributed by atoms with van der Waals surface area (Å²) in [6.07, 6.45) is 1.02. The number of carbonyl (C=O) groups is 1. The number of hydrogen-bond donors (Lipinski definition) is 1. The normalized spacial score (nSPS) is 17.0. The molecule has 0 aliphatic carbocycles. The van der Waals surface area contributed by atoms with E-state index in [0.717, 1.165) is 31.7 Å². The van der Waals surface area contributed by atoms with Crippen molar-refractivity contribution in [2.75, 3.05) is 38.6 Å². The molecule has 9 heteroatoms. The first-order valence-corrected chi connectivity index (χ1v) is 13.7. The number of halogens is 1. The molecule has 0 bridgehead atoms. The zero-order chi connectivity index (χ0) is 27.6. The second-order valence-corrected chi connectivity index (χ2v) is 11.3. The molecule has 1 saturated heterocycles. The summed E-state index contributed by atoms with van der Waals surface area (Å²) in [6.45, 7) is 11.0. The number of hydrogen-bond acceptors (Lipinski definition) is 6. The number of nitrogens with one attached hydrogen (secondary N) is 1. The van der Waals surface area contributed by atoms with Crippen LogP contribution in [0.25, 0.3) is 22.3 Å². The van der Waals surface area contributed by atoms with Crippen LogP contribution in [0.4, 0.5) is 5.69 Å². The van der Waals surface area contributed by atoms with Crippen molar-refractivity contribution in [2.45, 2.75) is 52.7 Å². The minimum absolute atomic E-state index is 0.0365. The molecule has 2 heterocycles. The van der Waals surface area contributed by atoms with Gasteiger partial charge in [-0.25, -0.2) is 15.0 Å². The number of nitrogens with zero attached hydrogens (tertiary/aromatic N) is 5. The molecule has 204 valence electrons. The third-order valence-electron chi connectivity index (χ3n) is 7.05. The van der Waals surface area contributed by atoms with Crippen molar-refractivity contribution in [2.24, 2.45) is 5.92 Å². The minimum Gasteiger partial charge on any atom is -0.367 e. The lowest BCUT2D eigenvalue weighted by atomic mass is 10.0. The predicted molar refractivity (Wildman–Crippen MR) is 156 cm³/mol. The first-order valence-electron chi connectivity index (χ1n) is 13.3. The Kier molecular flexibility index (Phi) is 8.75. The summed E-state index contributed by atoms with van der Waals surface area (Å²) in [7, 11) is 4.17. The molecule has 8 nitrogen and oxygen atoms in total. The van der Waals surface area contributed by atoms with Crippen molar-refractivity contribution in [1.29, 1.82) is 0 Å². The highest BCUT2D eigenvalue weighted by molar-refractivity contribution is 6.30. The Balaban J connectivity index is 1.83. The summed E-state index contributed by atoms with van der Waals surface area (Å²) in [4.78, 5) is 34.0. The summed E-state index contributed by atoms with van der Waals surface area (Å²) >= 11 is 6.26. The number of aromatic nitrogens is 2. The van der Waals surface area contributed by atoms with Crippen molar-refractivity contribution in [1.82, 2.24) is 24.9 Å². The predicted octanol–water partition coefficient (Wildman–Crippen LogP) is 4.25. The number of carbonyl (C=O) groups excluding carboxylic acids is 1. The van der Waals surface area contributed by atoms with Gasteiger partial charge in [0.15, 0.2) is 0 Å². The maximum Gasteiger partial charge on any atom is 0.262 e. The van der Waals surface area contributed by atoms with Gasteiger partial charge in [0.05, 0.1) is 10.9 Å². The molecule has 3 aromatic rings. The van der Waals surface area contributed by atoms with E-state index < -0.39 is 0 Å². The Labute approximate surface area is 230 Å². The molecule has 38 heavy (non-hydrogen) atoms. The molecular formula is C29H39ClN6O2. The standard InChI is InChI=1S/C29H39ClN6O2/c1-19(2)26-17-34(33(5)6)13-8-14-35(26)23-11-12-25-24(16-23)29(38)36(18-27(37)31-20(3)4)28(32-25)21-9-7-10-22(30)15-21/h7,9-12,15-16,19-20,26H,8,13-14,17-18H2,1-6H3,(H,31,37). The molecule has 1 fully saturated rings. The van der Waals surface area contributed by atoms with E-state index in [0.29, 0.717) is 33.2 Å². The lowest BCUT2D eigenvalue weighted by Gasteiger charge is -2.37. The largest absolute Gasteiger partial charge is 0.367 e. The third kappa shape index (κ3) is 6.20. The molecular weight excluding hydrogens is 500 g/mol. The fourth-order valence-electron chi connectivity index (χ4n) is 5.14. The van der Waals surface area contributed by atoms with Crippen LogP contribution < -0.4 is 15.8 Å². The zero-order valence-electron chi connectivity index (χ0n) is 23.2. The number of rotatable bonds is 7. The molecule has 0 spiro atoms. The number of hydrazine groups is 1. The van der Waals surface area contributed by atoms with Crippen LogP contribution in [0, 0.1) is 5.92 Å². The van der Waals surface area contributed by atoms with E-state index in [1.54, 1.807) is 12.1 Å². The van der Waals surface area contributed by atoms with Crippen molar-refractivity contribution < 1.29 is 4.79 Å². The zero-order valence-corrected chi connectivity index (χ0v) is 24.0. The van der Waals surface area contributed by atoms with Gasteiger partial charge in [0, 0.05) is 62.1 Å². The Hall–Kier alpha value is -2.94. The summed E-state index contributed by atoms with van der Waals surface area (Å²) < 4.78 is 1.46. The van der Waals surface area contributed by atoms with Crippen molar-refractivity contribution >= 4 is 34.1 Å². The van der Waals surface area contributed by atoms with Crippen molar-refractivity contribution in [3.63, 3.8) is 0 Å². The van der Waals surface area contributed by atoms with Gasteiger partial charge in [0.25, 0.3) is 5.56 Å². The lowest BCUT2D eigenvalue weighted by molar-refractivity contribution is -0.122. The van der Waals surface area contributed by atoms with Gasteiger partial charge in [-0.15, -0.1) is 0 Å². The molecule has 1 N–H and O–H groups in total. The fraction of sp³-hybridized carbons (Fsp3) is 0.483. The molecule has 0 saturated carbocycles. The van der Waals surface area contributed by atoms with Gasteiger partial charge in [-0.1, -0.05) is 37.6 Å². The lowest BCUT2D eigenvalue weighted by Crippen LogP contribution is -2.48. The van der Waals surface area contributed by atoms with Gasteiger partial charge in [-0.2, -0.15) is 0 Å². The molecule has 1 aliphatic heterocycles. The fourth-order valence-corrected chi connectivity index (χ4v) is 5.33. The number of anilines is 1. The maximum atomic E-state index is 14.0. The summed E-state index contributed by atoms with van der Waals surface area (Å²) in [5.41, 5.74) is 2.05. The molecule has 0 radical (unpaired) electrons. The molecule has 1 aliphatic rings. The molecule has 1 amide bonds. The number of fused-ring (bicyclic) bond motifs is 1. The molecule has 4 rings (SSSR count). The van der Waals surface area contributed by atoms with Crippen LogP contribution in [0.15, 0.2) is 47.3 Å². The first kappa shape index (κ1) is 28.1. The molecule has 2 aromatic carbocycles. The average molecular weight is 539 g/mol. The van der Waals surface area contributed by atoms with E-state index in [4.69, 9.17) is 16.6 Å². The van der Waals surface area contributed by atoms with E-state index in [1.165, 1.54) is 4.57 Å². The Morgan fingerprint density at radius 2 is 1.89 bits per heavy atom. The minimum atomic E-state index is -0.239. The monoisotopic (exact) mass is 538 g/mol. The topological polar surface area (TPSA) is 73.7 Å². The van der Waals surface area contributed by atoms with Gasteiger partial charge < -0.3 is 10.2 Å². The first-order chi connectivity index (χ1) is 18.0. The Morgan fingerprint density at radius 3 is 2.55 bits per heavy atom. The van der Waals surface area contributed by atoms with Crippen molar-refractivity contribution in [3.8, 4) is 11.4 Å². The van der Waals surface area contributed by atoms with Gasteiger partial charge in [-0.05, 0) is 56.5 Å². The van der Waals surface area contributed by atoms with Gasteiger partial charge in [0.1, 0.15) is 12.4 Å². The second-order valence-electron chi connectivity index (χ2n) is 10.9. The summed E-state index contributed by atoms with van der Waals surface area (Å²) in [6, 6.07) is 13.4.